The van der Waals surface area contributed by atoms with Crippen LogP contribution in [-0.2, 0) is 23.0 Å². The number of carbonyl (C=O) groups is 2. The molecule has 0 radical (unpaired) electrons. The van der Waals surface area contributed by atoms with Crippen molar-refractivity contribution in [1.82, 2.24) is 20.1 Å². The lowest BCUT2D eigenvalue weighted by Gasteiger charge is -2.23. The molecule has 0 aliphatic heterocycles. The van der Waals surface area contributed by atoms with Crippen LogP contribution in [0, 0.1) is 0 Å². The van der Waals surface area contributed by atoms with Crippen molar-refractivity contribution in [3.05, 3.63) is 60.3 Å². The quantitative estimate of drug-likeness (QED) is 0.569. The van der Waals surface area contributed by atoms with Crippen LogP contribution in [0.15, 0.2) is 54.7 Å². The van der Waals surface area contributed by atoms with E-state index in [-0.39, 0.29) is 5.91 Å². The Morgan fingerprint density at radius 3 is 2.52 bits per heavy atom. The van der Waals surface area contributed by atoms with Crippen LogP contribution in [0.4, 0.5) is 10.6 Å². The zero-order chi connectivity index (χ0) is 24.0. The van der Waals surface area contributed by atoms with Gasteiger partial charge < -0.3 is 20.1 Å². The summed E-state index contributed by atoms with van der Waals surface area (Å²) in [4.78, 5) is 29.6. The Hall–Kier alpha value is -3.88. The van der Waals surface area contributed by atoms with Gasteiger partial charge in [-0.15, -0.1) is 0 Å². The zero-order valence-electron chi connectivity index (χ0n) is 19.5. The van der Waals surface area contributed by atoms with Gasteiger partial charge in [-0.25, -0.2) is 9.78 Å². The van der Waals surface area contributed by atoms with E-state index in [2.05, 4.69) is 20.7 Å². The number of amides is 2. The molecular formula is C24H29N5O4. The van der Waals surface area contributed by atoms with Crippen LogP contribution in [0.1, 0.15) is 26.3 Å². The summed E-state index contributed by atoms with van der Waals surface area (Å²) in [5.74, 6) is 0.564. The highest BCUT2D eigenvalue weighted by atomic mass is 16.6. The molecule has 0 saturated carbocycles. The second-order valence-electron chi connectivity index (χ2n) is 8.50. The number of nitrogens with one attached hydrogen (secondary N) is 2. The lowest BCUT2D eigenvalue weighted by atomic mass is 10.1. The maximum absolute atomic E-state index is 13.2. The van der Waals surface area contributed by atoms with Crippen molar-refractivity contribution in [2.75, 3.05) is 12.4 Å². The number of alkyl carbamates (subject to hydrolysis) is 1. The van der Waals surface area contributed by atoms with Gasteiger partial charge in [-0.1, -0.05) is 30.3 Å². The van der Waals surface area contributed by atoms with E-state index in [1.165, 1.54) is 0 Å². The van der Waals surface area contributed by atoms with Crippen molar-refractivity contribution in [1.29, 1.82) is 0 Å². The highest BCUT2D eigenvalue weighted by Crippen LogP contribution is 2.24. The van der Waals surface area contributed by atoms with Gasteiger partial charge in [0.1, 0.15) is 17.5 Å². The minimum atomic E-state index is -0.846. The smallest absolute Gasteiger partial charge is 0.408 e. The van der Waals surface area contributed by atoms with Gasteiger partial charge in [-0.05, 0) is 32.4 Å². The predicted octanol–water partition coefficient (Wildman–Crippen LogP) is 3.57. The summed E-state index contributed by atoms with van der Waals surface area (Å²) < 4.78 is 12.1. The molecule has 0 saturated heterocycles. The molecule has 174 valence electrons. The first-order valence-corrected chi connectivity index (χ1v) is 10.5. The number of hydrogen-bond donors (Lipinski definition) is 2. The van der Waals surface area contributed by atoms with Crippen molar-refractivity contribution < 1.29 is 19.1 Å². The molecule has 0 aliphatic carbocycles. The second kappa shape index (κ2) is 10.2. The Morgan fingerprint density at radius 1 is 1.12 bits per heavy atom. The summed E-state index contributed by atoms with van der Waals surface area (Å²) in [5.41, 5.74) is 1.67. The molecule has 0 unspecified atom stereocenters. The largest absolute Gasteiger partial charge is 0.481 e. The molecule has 0 fully saturated rings. The van der Waals surface area contributed by atoms with Crippen LogP contribution < -0.4 is 15.4 Å². The molecule has 0 spiro atoms. The van der Waals surface area contributed by atoms with Crippen molar-refractivity contribution in [3.8, 4) is 17.1 Å². The molecule has 2 N–H and O–H groups in total. The van der Waals surface area contributed by atoms with Crippen LogP contribution in [0.5, 0.6) is 5.88 Å². The monoisotopic (exact) mass is 451 g/mol. The molecule has 33 heavy (non-hydrogen) atoms. The molecule has 9 heteroatoms. The van der Waals surface area contributed by atoms with Gasteiger partial charge in [0.15, 0.2) is 0 Å². The van der Waals surface area contributed by atoms with Crippen LogP contribution in [0.2, 0.25) is 0 Å². The number of benzene rings is 1. The third-order valence-electron chi connectivity index (χ3n) is 4.66. The molecule has 3 rings (SSSR count). The molecule has 1 atom stereocenters. The van der Waals surface area contributed by atoms with E-state index in [1.807, 2.05) is 30.3 Å². The minimum Gasteiger partial charge on any atom is -0.481 e. The Morgan fingerprint density at radius 2 is 1.85 bits per heavy atom. The van der Waals surface area contributed by atoms with Gasteiger partial charge in [0.05, 0.1) is 12.8 Å². The topological polar surface area (TPSA) is 107 Å². The van der Waals surface area contributed by atoms with E-state index in [4.69, 9.17) is 9.47 Å². The fourth-order valence-electron chi connectivity index (χ4n) is 3.13. The standard InChI is InChI=1S/C24H29N5O4/c1-24(2,3)33-23(31)26-19(13-16-9-7-6-8-10-16)22(30)27-20-15-18(28-29(20)4)17-11-12-25-21(14-17)32-5/h6-12,14-15,19H,13H2,1-5H3,(H,26,31)(H,27,30)/t19-/m0/s1. The van der Waals surface area contributed by atoms with E-state index >= 15 is 0 Å². The average Bonchev–Trinajstić information content (AvgIpc) is 3.13. The fraction of sp³-hybridized carbons (Fsp3) is 0.333. The highest BCUT2D eigenvalue weighted by molar-refractivity contribution is 5.96. The highest BCUT2D eigenvalue weighted by Gasteiger charge is 2.25. The van der Waals surface area contributed by atoms with E-state index in [0.29, 0.717) is 23.8 Å². The number of aryl methyl sites for hydroxylation is 1. The van der Waals surface area contributed by atoms with Crippen LogP contribution in [0.25, 0.3) is 11.3 Å². The SMILES string of the molecule is COc1cc(-c2cc(NC(=O)[C@H](Cc3ccccc3)NC(=O)OC(C)(C)C)n(C)n2)ccn1. The lowest BCUT2D eigenvalue weighted by molar-refractivity contribution is -0.118. The molecule has 2 heterocycles. The van der Waals surface area contributed by atoms with Crippen molar-refractivity contribution >= 4 is 17.8 Å². The van der Waals surface area contributed by atoms with Gasteiger partial charge in [-0.3, -0.25) is 9.48 Å². The van der Waals surface area contributed by atoms with Gasteiger partial charge in [0.2, 0.25) is 11.8 Å². The first-order chi connectivity index (χ1) is 15.6. The molecule has 9 nitrogen and oxygen atoms in total. The van der Waals surface area contributed by atoms with Crippen molar-refractivity contribution in [3.63, 3.8) is 0 Å². The van der Waals surface area contributed by atoms with E-state index in [9.17, 15) is 9.59 Å². The Bertz CT molecular complexity index is 1110. The maximum atomic E-state index is 13.2. The summed E-state index contributed by atoms with van der Waals surface area (Å²) in [6, 6.07) is 13.9. The molecule has 3 aromatic rings. The number of pyridine rings is 1. The van der Waals surface area contributed by atoms with Crippen LogP contribution in [0.3, 0.4) is 0 Å². The number of carbonyl (C=O) groups excluding carboxylic acids is 2. The first-order valence-electron chi connectivity index (χ1n) is 10.5. The number of methoxy groups -OCH3 is 1. The van der Waals surface area contributed by atoms with Gasteiger partial charge in [0, 0.05) is 37.4 Å². The Balaban J connectivity index is 1.79. The average molecular weight is 452 g/mol. The first kappa shape index (κ1) is 23.8. The zero-order valence-corrected chi connectivity index (χ0v) is 19.5. The number of aromatic nitrogens is 3. The third kappa shape index (κ3) is 6.80. The number of anilines is 1. The normalized spacial score (nSPS) is 12.0. The van der Waals surface area contributed by atoms with Gasteiger partial charge >= 0.3 is 6.09 Å². The summed E-state index contributed by atoms with van der Waals surface area (Å²) in [6.07, 6.45) is 1.27. The van der Waals surface area contributed by atoms with E-state index < -0.39 is 17.7 Å². The minimum absolute atomic E-state index is 0.304. The van der Waals surface area contributed by atoms with Crippen molar-refractivity contribution in [2.45, 2.75) is 38.8 Å². The summed E-state index contributed by atoms with van der Waals surface area (Å²) in [6.45, 7) is 5.30. The third-order valence-corrected chi connectivity index (χ3v) is 4.66. The number of nitrogens with zero attached hydrogens (tertiary/aromatic N) is 3. The Labute approximate surface area is 193 Å². The molecule has 2 amide bonds. The molecule has 0 bridgehead atoms. The Kier molecular flexibility index (Phi) is 7.32. The second-order valence-corrected chi connectivity index (χ2v) is 8.50. The number of rotatable bonds is 7. The van der Waals surface area contributed by atoms with Gasteiger partial charge in [-0.2, -0.15) is 5.10 Å². The van der Waals surface area contributed by atoms with Crippen molar-refractivity contribution in [2.24, 2.45) is 7.05 Å². The van der Waals surface area contributed by atoms with Crippen LogP contribution in [-0.4, -0.2) is 45.5 Å². The molecule has 0 aliphatic rings. The molecule has 1 aromatic carbocycles. The number of hydrogen-bond acceptors (Lipinski definition) is 6. The summed E-state index contributed by atoms with van der Waals surface area (Å²) >= 11 is 0. The fourth-order valence-corrected chi connectivity index (χ4v) is 3.13. The molecular weight excluding hydrogens is 422 g/mol. The predicted molar refractivity (Wildman–Crippen MR) is 125 cm³/mol. The lowest BCUT2D eigenvalue weighted by Crippen LogP contribution is -2.47. The number of ether oxygens (including phenoxy) is 2. The maximum Gasteiger partial charge on any atom is 0.408 e. The summed E-state index contributed by atoms with van der Waals surface area (Å²) in [7, 11) is 3.27. The van der Waals surface area contributed by atoms with E-state index in [0.717, 1.165) is 11.1 Å². The summed E-state index contributed by atoms with van der Waals surface area (Å²) in [5, 5.41) is 10.0. The van der Waals surface area contributed by atoms with Gasteiger partial charge in [0.25, 0.3) is 0 Å². The van der Waals surface area contributed by atoms with Crippen LogP contribution >= 0.6 is 0 Å². The van der Waals surface area contributed by atoms with E-state index in [1.54, 1.807) is 64.0 Å². The molecule has 2 aromatic heterocycles.